The van der Waals surface area contributed by atoms with Gasteiger partial charge in [0.25, 0.3) is 0 Å². The minimum absolute atomic E-state index is 0.0905. The average Bonchev–Trinajstić information content (AvgIpc) is 2.35. The van der Waals surface area contributed by atoms with E-state index in [1.807, 2.05) is 13.8 Å². The van der Waals surface area contributed by atoms with Crippen LogP contribution in [0.5, 0.6) is 0 Å². The van der Waals surface area contributed by atoms with Crippen molar-refractivity contribution < 1.29 is 14.8 Å². The Hall–Kier alpha value is -2.11. The smallest absolute Gasteiger partial charge is 0.342 e. The third-order valence-corrected chi connectivity index (χ3v) is 2.79. The molecule has 0 radical (unpaired) electrons. The topological polar surface area (TPSA) is 92.5 Å². The third kappa shape index (κ3) is 2.97. The maximum atomic E-state index is 11.0. The summed E-state index contributed by atoms with van der Waals surface area (Å²) in [5, 5.41) is 23.0. The van der Waals surface area contributed by atoms with E-state index in [2.05, 4.69) is 5.32 Å². The molecule has 0 heterocycles. The first kappa shape index (κ1) is 14.0. The van der Waals surface area contributed by atoms with E-state index in [4.69, 9.17) is 5.11 Å². The summed E-state index contributed by atoms with van der Waals surface area (Å²) >= 11 is 0. The van der Waals surface area contributed by atoms with Crippen LogP contribution in [-0.2, 0) is 0 Å². The number of rotatable bonds is 6. The molecule has 1 aromatic carbocycles. The van der Waals surface area contributed by atoms with Gasteiger partial charge in [-0.2, -0.15) is 0 Å². The highest BCUT2D eigenvalue weighted by molar-refractivity contribution is 5.95. The van der Waals surface area contributed by atoms with Crippen molar-refractivity contribution in [2.75, 3.05) is 5.32 Å². The number of nitrogens with one attached hydrogen (secondary N) is 1. The second-order valence-electron chi connectivity index (χ2n) is 3.92. The van der Waals surface area contributed by atoms with Gasteiger partial charge in [-0.05, 0) is 25.0 Å². The van der Waals surface area contributed by atoms with Crippen LogP contribution in [0.3, 0.4) is 0 Å². The lowest BCUT2D eigenvalue weighted by Gasteiger charge is -2.16. The molecule has 6 nitrogen and oxygen atoms in total. The molecule has 2 N–H and O–H groups in total. The van der Waals surface area contributed by atoms with Crippen molar-refractivity contribution in [2.24, 2.45) is 0 Å². The molecule has 0 amide bonds. The largest absolute Gasteiger partial charge is 0.477 e. The lowest BCUT2D eigenvalue weighted by molar-refractivity contribution is -0.384. The number of aromatic carboxylic acids is 1. The number of carbonyl (C=O) groups is 1. The van der Waals surface area contributed by atoms with Crippen molar-refractivity contribution in [3.63, 3.8) is 0 Å². The molecule has 98 valence electrons. The van der Waals surface area contributed by atoms with Crippen LogP contribution in [0.2, 0.25) is 0 Å². The molecule has 0 aliphatic rings. The van der Waals surface area contributed by atoms with Crippen LogP contribution in [0.15, 0.2) is 18.2 Å². The predicted molar refractivity (Wildman–Crippen MR) is 68.0 cm³/mol. The fourth-order valence-corrected chi connectivity index (χ4v) is 1.74. The summed E-state index contributed by atoms with van der Waals surface area (Å²) in [5.74, 6) is -1.30. The van der Waals surface area contributed by atoms with Gasteiger partial charge in [-0.1, -0.05) is 19.9 Å². The van der Waals surface area contributed by atoms with Crippen LogP contribution < -0.4 is 5.32 Å². The molecule has 1 rings (SSSR count). The molecule has 0 aliphatic carbocycles. The molecule has 0 unspecified atom stereocenters. The molecule has 0 aliphatic heterocycles. The number of para-hydroxylation sites is 1. The number of nitro benzene ring substituents is 1. The average molecular weight is 252 g/mol. The van der Waals surface area contributed by atoms with Gasteiger partial charge in [-0.25, -0.2) is 4.79 Å². The zero-order valence-corrected chi connectivity index (χ0v) is 10.3. The number of benzene rings is 1. The Labute approximate surface area is 105 Å². The number of anilines is 1. The summed E-state index contributed by atoms with van der Waals surface area (Å²) in [5.41, 5.74) is -0.415. The van der Waals surface area contributed by atoms with Gasteiger partial charge < -0.3 is 10.4 Å². The van der Waals surface area contributed by atoms with Crippen molar-refractivity contribution in [1.82, 2.24) is 0 Å². The molecule has 18 heavy (non-hydrogen) atoms. The maximum Gasteiger partial charge on any atom is 0.342 e. The summed E-state index contributed by atoms with van der Waals surface area (Å²) in [4.78, 5) is 21.3. The SMILES string of the molecule is CCC(CC)Nc1cccc(C(=O)O)c1[N+](=O)[O-]. The highest BCUT2D eigenvalue weighted by Crippen LogP contribution is 2.29. The maximum absolute atomic E-state index is 11.0. The Bertz CT molecular complexity index is 455. The summed E-state index contributed by atoms with van der Waals surface area (Å²) < 4.78 is 0. The summed E-state index contributed by atoms with van der Waals surface area (Å²) in [6.45, 7) is 3.93. The summed E-state index contributed by atoms with van der Waals surface area (Å²) in [6.07, 6.45) is 1.62. The summed E-state index contributed by atoms with van der Waals surface area (Å²) in [7, 11) is 0. The first-order valence-electron chi connectivity index (χ1n) is 5.78. The van der Waals surface area contributed by atoms with Crippen molar-refractivity contribution in [3.8, 4) is 0 Å². The van der Waals surface area contributed by atoms with Crippen molar-refractivity contribution in [3.05, 3.63) is 33.9 Å². The highest BCUT2D eigenvalue weighted by atomic mass is 16.6. The number of nitrogens with zero attached hydrogens (tertiary/aromatic N) is 1. The van der Waals surface area contributed by atoms with Crippen molar-refractivity contribution in [2.45, 2.75) is 32.7 Å². The van der Waals surface area contributed by atoms with Crippen molar-refractivity contribution >= 4 is 17.3 Å². The Morgan fingerprint density at radius 3 is 2.50 bits per heavy atom. The molecule has 0 aromatic heterocycles. The molecular weight excluding hydrogens is 236 g/mol. The van der Waals surface area contributed by atoms with Gasteiger partial charge in [-0.3, -0.25) is 10.1 Å². The molecule has 0 atom stereocenters. The van der Waals surface area contributed by atoms with E-state index >= 15 is 0 Å². The van der Waals surface area contributed by atoms with Gasteiger partial charge in [-0.15, -0.1) is 0 Å². The van der Waals surface area contributed by atoms with Gasteiger partial charge in [0.15, 0.2) is 0 Å². The third-order valence-electron chi connectivity index (χ3n) is 2.79. The number of carboxylic acids is 1. The quantitative estimate of drug-likeness (QED) is 0.599. The van der Waals surface area contributed by atoms with E-state index in [9.17, 15) is 14.9 Å². The van der Waals surface area contributed by atoms with Gasteiger partial charge in [0.1, 0.15) is 11.3 Å². The van der Waals surface area contributed by atoms with E-state index in [1.54, 1.807) is 0 Å². The number of hydrogen-bond acceptors (Lipinski definition) is 4. The standard InChI is InChI=1S/C12H16N2O4/c1-3-8(4-2)13-10-7-5-6-9(12(15)16)11(10)14(17)18/h5-8,13H,3-4H2,1-2H3,(H,15,16). The molecule has 0 saturated heterocycles. The Kier molecular flexibility index (Phi) is 4.65. The van der Waals surface area contributed by atoms with Gasteiger partial charge in [0.2, 0.25) is 0 Å². The van der Waals surface area contributed by atoms with Gasteiger partial charge in [0, 0.05) is 6.04 Å². The van der Waals surface area contributed by atoms with E-state index in [1.165, 1.54) is 18.2 Å². The van der Waals surface area contributed by atoms with E-state index in [0.717, 1.165) is 12.8 Å². The zero-order valence-electron chi connectivity index (χ0n) is 10.3. The van der Waals surface area contributed by atoms with Crippen LogP contribution in [-0.4, -0.2) is 22.0 Å². The lowest BCUT2D eigenvalue weighted by Crippen LogP contribution is -2.18. The number of carboxylic acid groups (broad SMARTS) is 1. The molecule has 0 spiro atoms. The summed E-state index contributed by atoms with van der Waals surface area (Å²) in [6, 6.07) is 4.36. The molecule has 0 saturated carbocycles. The van der Waals surface area contributed by atoms with Crippen LogP contribution in [0, 0.1) is 10.1 Å². The Morgan fingerprint density at radius 2 is 2.06 bits per heavy atom. The van der Waals surface area contributed by atoms with Crippen LogP contribution in [0.4, 0.5) is 11.4 Å². The zero-order chi connectivity index (χ0) is 13.7. The lowest BCUT2D eigenvalue weighted by atomic mass is 10.1. The minimum Gasteiger partial charge on any atom is -0.477 e. The monoisotopic (exact) mass is 252 g/mol. The second kappa shape index (κ2) is 6.00. The van der Waals surface area contributed by atoms with E-state index < -0.39 is 10.9 Å². The Balaban J connectivity index is 3.22. The van der Waals surface area contributed by atoms with Gasteiger partial charge >= 0.3 is 11.7 Å². The fraction of sp³-hybridized carbons (Fsp3) is 0.417. The molecule has 0 bridgehead atoms. The Morgan fingerprint density at radius 1 is 1.44 bits per heavy atom. The number of hydrogen-bond donors (Lipinski definition) is 2. The normalized spacial score (nSPS) is 10.4. The number of nitro groups is 1. The van der Waals surface area contributed by atoms with Gasteiger partial charge in [0.05, 0.1) is 4.92 Å². The fourth-order valence-electron chi connectivity index (χ4n) is 1.74. The molecule has 1 aromatic rings. The van der Waals surface area contributed by atoms with E-state index in [-0.39, 0.29) is 23.0 Å². The minimum atomic E-state index is -1.30. The molecule has 6 heteroatoms. The van der Waals surface area contributed by atoms with E-state index in [0.29, 0.717) is 0 Å². The van der Waals surface area contributed by atoms with Crippen LogP contribution in [0.1, 0.15) is 37.0 Å². The second-order valence-corrected chi connectivity index (χ2v) is 3.92. The molecular formula is C12H16N2O4. The highest BCUT2D eigenvalue weighted by Gasteiger charge is 2.24. The first-order chi connectivity index (χ1) is 8.51. The predicted octanol–water partition coefficient (Wildman–Crippen LogP) is 2.89. The van der Waals surface area contributed by atoms with Crippen molar-refractivity contribution in [1.29, 1.82) is 0 Å². The first-order valence-corrected chi connectivity index (χ1v) is 5.78. The molecule has 0 fully saturated rings. The van der Waals surface area contributed by atoms with Crippen LogP contribution >= 0.6 is 0 Å². The van der Waals surface area contributed by atoms with Crippen LogP contribution in [0.25, 0.3) is 0 Å².